The van der Waals surface area contributed by atoms with Gasteiger partial charge in [-0.25, -0.2) is 4.68 Å². The van der Waals surface area contributed by atoms with Gasteiger partial charge in [0.15, 0.2) is 0 Å². The second-order valence-electron chi connectivity index (χ2n) is 4.68. The fourth-order valence-electron chi connectivity index (χ4n) is 1.89. The van der Waals surface area contributed by atoms with E-state index in [0.717, 1.165) is 6.42 Å². The van der Waals surface area contributed by atoms with Crippen LogP contribution in [0.15, 0.2) is 36.5 Å². The summed E-state index contributed by atoms with van der Waals surface area (Å²) in [6, 6.07) is 7.46. The van der Waals surface area contributed by atoms with Crippen LogP contribution in [0.3, 0.4) is 0 Å². The van der Waals surface area contributed by atoms with Crippen molar-refractivity contribution >= 4 is 17.4 Å². The highest BCUT2D eigenvalue weighted by atomic mass is 16.6. The molecule has 21 heavy (non-hydrogen) atoms. The average molecular weight is 288 g/mol. The lowest BCUT2D eigenvalue weighted by molar-refractivity contribution is -0.384. The molecule has 0 bridgehead atoms. The molecule has 2 aromatic rings. The van der Waals surface area contributed by atoms with Gasteiger partial charge in [-0.1, -0.05) is 13.0 Å². The van der Waals surface area contributed by atoms with Gasteiger partial charge in [0.25, 0.3) is 11.6 Å². The molecule has 0 spiro atoms. The Bertz CT molecular complexity index is 666. The number of anilines is 1. The number of rotatable bonds is 5. The molecule has 0 fully saturated rings. The van der Waals surface area contributed by atoms with Crippen LogP contribution in [0.1, 0.15) is 36.7 Å². The van der Waals surface area contributed by atoms with E-state index in [2.05, 4.69) is 10.4 Å². The molecule has 7 nitrogen and oxygen atoms in total. The van der Waals surface area contributed by atoms with Gasteiger partial charge in [0.05, 0.1) is 17.2 Å². The van der Waals surface area contributed by atoms with E-state index in [0.29, 0.717) is 5.82 Å². The minimum atomic E-state index is -0.528. The third-order valence-corrected chi connectivity index (χ3v) is 3.24. The Morgan fingerprint density at radius 2 is 2.24 bits per heavy atom. The SMILES string of the molecule is CCC(C)n1nccc1NC(=O)c1cccc([N+](=O)[O-])c1. The van der Waals surface area contributed by atoms with E-state index in [1.54, 1.807) is 16.9 Å². The maximum Gasteiger partial charge on any atom is 0.270 e. The summed E-state index contributed by atoms with van der Waals surface area (Å²) in [5.41, 5.74) is 0.124. The first-order chi connectivity index (χ1) is 10.0. The number of nitrogens with one attached hydrogen (secondary N) is 1. The lowest BCUT2D eigenvalue weighted by Crippen LogP contribution is -2.17. The zero-order valence-corrected chi connectivity index (χ0v) is 11.8. The molecule has 1 atom stereocenters. The molecule has 1 amide bonds. The number of aromatic nitrogens is 2. The van der Waals surface area contributed by atoms with Crippen LogP contribution < -0.4 is 5.32 Å². The van der Waals surface area contributed by atoms with Crippen molar-refractivity contribution in [2.75, 3.05) is 5.32 Å². The zero-order valence-electron chi connectivity index (χ0n) is 11.8. The number of hydrogen-bond donors (Lipinski definition) is 1. The Morgan fingerprint density at radius 3 is 2.90 bits per heavy atom. The zero-order chi connectivity index (χ0) is 15.4. The smallest absolute Gasteiger partial charge is 0.270 e. The van der Waals surface area contributed by atoms with Crippen molar-refractivity contribution in [3.05, 3.63) is 52.2 Å². The van der Waals surface area contributed by atoms with Gasteiger partial charge in [0.2, 0.25) is 0 Å². The fraction of sp³-hybridized carbons (Fsp3) is 0.286. The first-order valence-electron chi connectivity index (χ1n) is 6.62. The Morgan fingerprint density at radius 1 is 1.48 bits per heavy atom. The van der Waals surface area contributed by atoms with Gasteiger partial charge in [-0.2, -0.15) is 5.10 Å². The van der Waals surface area contributed by atoms with Crippen molar-refractivity contribution in [3.63, 3.8) is 0 Å². The van der Waals surface area contributed by atoms with Crippen molar-refractivity contribution in [1.82, 2.24) is 9.78 Å². The molecular formula is C14H16N4O3. The molecular weight excluding hydrogens is 272 g/mol. The molecule has 2 rings (SSSR count). The van der Waals surface area contributed by atoms with E-state index < -0.39 is 10.8 Å². The largest absolute Gasteiger partial charge is 0.307 e. The van der Waals surface area contributed by atoms with Gasteiger partial charge in [0, 0.05) is 23.8 Å². The molecule has 7 heteroatoms. The van der Waals surface area contributed by atoms with E-state index in [9.17, 15) is 14.9 Å². The Labute approximate surface area is 121 Å². The second-order valence-corrected chi connectivity index (χ2v) is 4.68. The molecule has 1 unspecified atom stereocenters. The summed E-state index contributed by atoms with van der Waals surface area (Å²) in [5, 5.41) is 17.6. The Balaban J connectivity index is 2.21. The summed E-state index contributed by atoms with van der Waals surface area (Å²) in [4.78, 5) is 22.4. The summed E-state index contributed by atoms with van der Waals surface area (Å²) in [7, 11) is 0. The molecule has 0 saturated carbocycles. The van der Waals surface area contributed by atoms with Crippen molar-refractivity contribution in [2.24, 2.45) is 0 Å². The van der Waals surface area contributed by atoms with Crippen LogP contribution in [0.5, 0.6) is 0 Å². The normalized spacial score (nSPS) is 11.9. The highest BCUT2D eigenvalue weighted by molar-refractivity contribution is 6.04. The van der Waals surface area contributed by atoms with E-state index in [1.807, 2.05) is 13.8 Å². The number of nitro benzene ring substituents is 1. The van der Waals surface area contributed by atoms with Gasteiger partial charge in [0.1, 0.15) is 5.82 Å². The molecule has 1 N–H and O–H groups in total. The summed E-state index contributed by atoms with van der Waals surface area (Å²) in [5.74, 6) is 0.171. The maximum atomic E-state index is 12.2. The molecule has 110 valence electrons. The van der Waals surface area contributed by atoms with Crippen LogP contribution in [-0.4, -0.2) is 20.6 Å². The minimum Gasteiger partial charge on any atom is -0.307 e. The highest BCUT2D eigenvalue weighted by Crippen LogP contribution is 2.18. The van der Waals surface area contributed by atoms with Gasteiger partial charge in [-0.3, -0.25) is 14.9 Å². The predicted molar refractivity (Wildman–Crippen MR) is 78.3 cm³/mol. The molecule has 1 heterocycles. The van der Waals surface area contributed by atoms with Crippen molar-refractivity contribution in [3.8, 4) is 0 Å². The number of carbonyl (C=O) groups excluding carboxylic acids is 1. The second kappa shape index (κ2) is 6.17. The topological polar surface area (TPSA) is 90.1 Å². The summed E-state index contributed by atoms with van der Waals surface area (Å²) < 4.78 is 1.72. The quantitative estimate of drug-likeness (QED) is 0.676. The van der Waals surface area contributed by atoms with Crippen LogP contribution in [0, 0.1) is 10.1 Å². The van der Waals surface area contributed by atoms with E-state index in [4.69, 9.17) is 0 Å². The molecule has 0 aliphatic heterocycles. The summed E-state index contributed by atoms with van der Waals surface area (Å²) >= 11 is 0. The number of carbonyl (C=O) groups is 1. The first-order valence-corrected chi connectivity index (χ1v) is 6.62. The minimum absolute atomic E-state index is 0.113. The average Bonchev–Trinajstić information content (AvgIpc) is 2.94. The Kier molecular flexibility index (Phi) is 4.32. The van der Waals surface area contributed by atoms with Crippen LogP contribution in [0.25, 0.3) is 0 Å². The van der Waals surface area contributed by atoms with Gasteiger partial charge in [-0.05, 0) is 19.4 Å². The van der Waals surface area contributed by atoms with Crippen LogP contribution in [0.4, 0.5) is 11.5 Å². The van der Waals surface area contributed by atoms with Crippen LogP contribution in [0.2, 0.25) is 0 Å². The third-order valence-electron chi connectivity index (χ3n) is 3.24. The Hall–Kier alpha value is -2.70. The lowest BCUT2D eigenvalue weighted by Gasteiger charge is -2.14. The van der Waals surface area contributed by atoms with Crippen LogP contribution >= 0.6 is 0 Å². The van der Waals surface area contributed by atoms with Gasteiger partial charge in [-0.15, -0.1) is 0 Å². The monoisotopic (exact) mass is 288 g/mol. The van der Waals surface area contributed by atoms with Gasteiger partial charge >= 0.3 is 0 Å². The summed E-state index contributed by atoms with van der Waals surface area (Å²) in [6.45, 7) is 4.02. The predicted octanol–water partition coefficient (Wildman–Crippen LogP) is 3.01. The molecule has 0 saturated heterocycles. The standard InChI is InChI=1S/C14H16N4O3/c1-3-10(2)17-13(7-8-15-17)16-14(19)11-5-4-6-12(9-11)18(20)21/h4-10H,3H2,1-2H3,(H,16,19). The number of benzene rings is 1. The highest BCUT2D eigenvalue weighted by Gasteiger charge is 2.14. The van der Waals surface area contributed by atoms with E-state index in [1.165, 1.54) is 24.3 Å². The summed E-state index contributed by atoms with van der Waals surface area (Å²) in [6.07, 6.45) is 2.48. The number of nitrogens with zero attached hydrogens (tertiary/aromatic N) is 3. The van der Waals surface area contributed by atoms with Crippen molar-refractivity contribution in [1.29, 1.82) is 0 Å². The molecule has 0 aliphatic carbocycles. The molecule has 0 radical (unpaired) electrons. The number of amides is 1. The molecule has 1 aromatic carbocycles. The van der Waals surface area contributed by atoms with E-state index >= 15 is 0 Å². The third kappa shape index (κ3) is 3.25. The molecule has 1 aromatic heterocycles. The van der Waals surface area contributed by atoms with E-state index in [-0.39, 0.29) is 17.3 Å². The van der Waals surface area contributed by atoms with Crippen LogP contribution in [-0.2, 0) is 0 Å². The molecule has 0 aliphatic rings. The van der Waals surface area contributed by atoms with Crippen molar-refractivity contribution < 1.29 is 9.72 Å². The number of nitro groups is 1. The number of non-ortho nitro benzene ring substituents is 1. The fourth-order valence-corrected chi connectivity index (χ4v) is 1.89. The number of hydrogen-bond acceptors (Lipinski definition) is 4. The lowest BCUT2D eigenvalue weighted by atomic mass is 10.2. The maximum absolute atomic E-state index is 12.2. The van der Waals surface area contributed by atoms with Crippen molar-refractivity contribution in [2.45, 2.75) is 26.3 Å². The first kappa shape index (κ1) is 14.7. The van der Waals surface area contributed by atoms with Gasteiger partial charge < -0.3 is 5.32 Å².